The first-order valence-corrected chi connectivity index (χ1v) is 5.88. The molecule has 80 valence electrons. The van der Waals surface area contributed by atoms with Crippen molar-refractivity contribution in [2.75, 3.05) is 24.5 Å². The Kier molecular flexibility index (Phi) is 2.15. The molecule has 2 fully saturated rings. The number of rotatable bonds is 2. The Balaban J connectivity index is 1.72. The van der Waals surface area contributed by atoms with Crippen molar-refractivity contribution in [2.24, 2.45) is 23.5 Å². The van der Waals surface area contributed by atoms with Crippen molar-refractivity contribution in [3.63, 3.8) is 0 Å². The van der Waals surface area contributed by atoms with Gasteiger partial charge in [-0.15, -0.1) is 0 Å². The third kappa shape index (κ3) is 1.52. The van der Waals surface area contributed by atoms with Crippen LogP contribution in [0.3, 0.4) is 0 Å². The maximum Gasteiger partial charge on any atom is 0.0426 e. The van der Waals surface area contributed by atoms with Gasteiger partial charge in [-0.1, -0.05) is 17.7 Å². The quantitative estimate of drug-likeness (QED) is 0.829. The van der Waals surface area contributed by atoms with Crippen LogP contribution >= 0.6 is 11.6 Å². The van der Waals surface area contributed by atoms with Gasteiger partial charge >= 0.3 is 0 Å². The Bertz CT molecular complexity index is 368. The van der Waals surface area contributed by atoms with Crippen LogP contribution in [0.2, 0.25) is 5.02 Å². The first-order chi connectivity index (χ1) is 7.29. The maximum absolute atomic E-state index is 5.98. The van der Waals surface area contributed by atoms with Gasteiger partial charge in [-0.2, -0.15) is 0 Å². The minimum Gasteiger partial charge on any atom is -0.371 e. The van der Waals surface area contributed by atoms with Crippen LogP contribution in [0.1, 0.15) is 0 Å². The van der Waals surface area contributed by atoms with Gasteiger partial charge in [0.1, 0.15) is 0 Å². The molecule has 0 amide bonds. The topological polar surface area (TPSA) is 29.3 Å². The number of hydrogen-bond donors (Lipinski definition) is 1. The Morgan fingerprint density at radius 3 is 2.67 bits per heavy atom. The second-order valence-electron chi connectivity index (χ2n) is 4.61. The average Bonchev–Trinajstić information content (AvgIpc) is 2.70. The van der Waals surface area contributed by atoms with Crippen LogP contribution in [0.25, 0.3) is 0 Å². The lowest BCUT2D eigenvalue weighted by molar-refractivity contribution is 0.648. The Hall–Kier alpha value is -0.730. The highest BCUT2D eigenvalue weighted by molar-refractivity contribution is 6.30. The molecule has 3 rings (SSSR count). The fourth-order valence-electron chi connectivity index (χ4n) is 2.88. The normalized spacial score (nSPS) is 32.9. The minimum absolute atomic E-state index is 0.792. The Labute approximate surface area is 95.0 Å². The first kappa shape index (κ1) is 9.49. The molecule has 0 radical (unpaired) electrons. The van der Waals surface area contributed by atoms with E-state index in [-0.39, 0.29) is 0 Å². The van der Waals surface area contributed by atoms with Crippen molar-refractivity contribution in [1.82, 2.24) is 0 Å². The van der Waals surface area contributed by atoms with Crippen molar-refractivity contribution in [2.45, 2.75) is 0 Å². The van der Waals surface area contributed by atoms with Gasteiger partial charge in [-0.3, -0.25) is 0 Å². The molecule has 1 heterocycles. The zero-order chi connectivity index (χ0) is 10.4. The molecule has 1 saturated carbocycles. The third-order valence-electron chi connectivity index (χ3n) is 3.82. The van der Waals surface area contributed by atoms with E-state index in [1.54, 1.807) is 0 Å². The molecular weight excluding hydrogens is 208 g/mol. The van der Waals surface area contributed by atoms with Crippen LogP contribution in [0.4, 0.5) is 5.69 Å². The van der Waals surface area contributed by atoms with Crippen LogP contribution in [0.15, 0.2) is 24.3 Å². The monoisotopic (exact) mass is 222 g/mol. The number of nitrogens with two attached hydrogens (primary N) is 1. The number of hydrogen-bond acceptors (Lipinski definition) is 2. The van der Waals surface area contributed by atoms with Crippen LogP contribution in [0.5, 0.6) is 0 Å². The van der Waals surface area contributed by atoms with Gasteiger partial charge in [0.05, 0.1) is 0 Å². The second kappa shape index (κ2) is 3.39. The number of fused-ring (bicyclic) bond motifs is 1. The molecule has 1 saturated heterocycles. The molecule has 2 unspecified atom stereocenters. The Morgan fingerprint density at radius 1 is 1.33 bits per heavy atom. The summed E-state index contributed by atoms with van der Waals surface area (Å²) >= 11 is 5.98. The van der Waals surface area contributed by atoms with Crippen molar-refractivity contribution >= 4 is 17.3 Å². The molecule has 1 aliphatic carbocycles. The second-order valence-corrected chi connectivity index (χ2v) is 5.05. The van der Waals surface area contributed by atoms with Gasteiger partial charge in [-0.25, -0.2) is 0 Å². The van der Waals surface area contributed by atoms with E-state index in [9.17, 15) is 0 Å². The largest absolute Gasteiger partial charge is 0.371 e. The molecule has 2 nitrogen and oxygen atoms in total. The first-order valence-electron chi connectivity index (χ1n) is 5.50. The minimum atomic E-state index is 0.792. The predicted molar refractivity (Wildman–Crippen MR) is 63.2 cm³/mol. The summed E-state index contributed by atoms with van der Waals surface area (Å²) in [6.45, 7) is 3.18. The van der Waals surface area contributed by atoms with E-state index < -0.39 is 0 Å². The zero-order valence-electron chi connectivity index (χ0n) is 8.57. The van der Waals surface area contributed by atoms with Gasteiger partial charge in [0.25, 0.3) is 0 Å². The molecular formula is C12H15ClN2. The van der Waals surface area contributed by atoms with E-state index in [2.05, 4.69) is 11.0 Å². The zero-order valence-corrected chi connectivity index (χ0v) is 9.32. The van der Waals surface area contributed by atoms with Crippen LogP contribution in [-0.4, -0.2) is 19.6 Å². The molecule has 3 heteroatoms. The van der Waals surface area contributed by atoms with Crippen molar-refractivity contribution in [3.8, 4) is 0 Å². The summed E-state index contributed by atoms with van der Waals surface area (Å²) in [5.41, 5.74) is 6.95. The summed E-state index contributed by atoms with van der Waals surface area (Å²) in [4.78, 5) is 2.42. The fraction of sp³-hybridized carbons (Fsp3) is 0.500. The smallest absolute Gasteiger partial charge is 0.0426 e. The number of benzene rings is 1. The standard InChI is InChI=1S/C12H15ClN2/c13-8-2-1-3-9(4-8)15-6-11-10(5-14)12(11)7-15/h1-4,10-12H,5-7,14H2. The molecule has 15 heavy (non-hydrogen) atoms. The maximum atomic E-state index is 5.98. The molecule has 1 aromatic carbocycles. The predicted octanol–water partition coefficient (Wildman–Crippen LogP) is 1.98. The summed E-state index contributed by atoms with van der Waals surface area (Å²) in [7, 11) is 0. The van der Waals surface area contributed by atoms with Gasteiger partial charge in [0, 0.05) is 23.8 Å². The molecule has 1 aliphatic heterocycles. The summed E-state index contributed by atoms with van der Waals surface area (Å²) < 4.78 is 0. The van der Waals surface area contributed by atoms with Crippen LogP contribution < -0.4 is 10.6 Å². The summed E-state index contributed by atoms with van der Waals surface area (Å²) in [5, 5.41) is 0.823. The van der Waals surface area contributed by atoms with E-state index in [0.717, 1.165) is 42.4 Å². The van der Waals surface area contributed by atoms with E-state index in [0.29, 0.717) is 0 Å². The summed E-state index contributed by atoms with van der Waals surface area (Å²) in [6, 6.07) is 8.12. The van der Waals surface area contributed by atoms with Gasteiger partial charge < -0.3 is 10.6 Å². The number of piperidine rings is 1. The summed E-state index contributed by atoms with van der Waals surface area (Å²) in [6.07, 6.45) is 0. The van der Waals surface area contributed by atoms with Gasteiger partial charge in [-0.05, 0) is 42.5 Å². The van der Waals surface area contributed by atoms with E-state index in [1.165, 1.54) is 5.69 Å². The highest BCUT2D eigenvalue weighted by Gasteiger charge is 2.54. The third-order valence-corrected chi connectivity index (χ3v) is 4.05. The number of halogens is 1. The van der Waals surface area contributed by atoms with Gasteiger partial charge in [0.15, 0.2) is 0 Å². The molecule has 0 spiro atoms. The number of anilines is 1. The van der Waals surface area contributed by atoms with E-state index >= 15 is 0 Å². The molecule has 0 bridgehead atoms. The molecule has 2 atom stereocenters. The lowest BCUT2D eigenvalue weighted by Crippen LogP contribution is -2.25. The van der Waals surface area contributed by atoms with Crippen LogP contribution in [-0.2, 0) is 0 Å². The summed E-state index contributed by atoms with van der Waals surface area (Å²) in [5.74, 6) is 2.48. The molecule has 2 aliphatic rings. The van der Waals surface area contributed by atoms with Gasteiger partial charge in [0.2, 0.25) is 0 Å². The lowest BCUT2D eigenvalue weighted by atomic mass is 10.2. The Morgan fingerprint density at radius 2 is 2.07 bits per heavy atom. The highest BCUT2D eigenvalue weighted by Crippen LogP contribution is 2.51. The highest BCUT2D eigenvalue weighted by atomic mass is 35.5. The van der Waals surface area contributed by atoms with Crippen LogP contribution in [0, 0.1) is 17.8 Å². The molecule has 2 N–H and O–H groups in total. The SMILES string of the molecule is NCC1C2CN(c3cccc(Cl)c3)CC12. The van der Waals surface area contributed by atoms with Crippen molar-refractivity contribution in [1.29, 1.82) is 0 Å². The lowest BCUT2D eigenvalue weighted by Gasteiger charge is -2.21. The molecule has 0 aromatic heterocycles. The molecule has 1 aromatic rings. The number of nitrogens with zero attached hydrogens (tertiary/aromatic N) is 1. The van der Waals surface area contributed by atoms with E-state index in [1.807, 2.05) is 18.2 Å². The fourth-order valence-corrected chi connectivity index (χ4v) is 3.07. The van der Waals surface area contributed by atoms with Crippen molar-refractivity contribution < 1.29 is 0 Å². The van der Waals surface area contributed by atoms with E-state index in [4.69, 9.17) is 17.3 Å². The van der Waals surface area contributed by atoms with Crippen molar-refractivity contribution in [3.05, 3.63) is 29.3 Å². The average molecular weight is 223 g/mol.